The lowest BCUT2D eigenvalue weighted by Gasteiger charge is -2.23. The van der Waals surface area contributed by atoms with Gasteiger partial charge >= 0.3 is 0 Å². The van der Waals surface area contributed by atoms with Gasteiger partial charge in [-0.15, -0.1) is 10.2 Å². The zero-order chi connectivity index (χ0) is 14.4. The molecule has 0 bridgehead atoms. The van der Waals surface area contributed by atoms with Crippen molar-refractivity contribution in [1.29, 1.82) is 0 Å². The Bertz CT molecular complexity index is 440. The Morgan fingerprint density at radius 2 is 2.35 bits per heavy atom. The van der Waals surface area contributed by atoms with E-state index in [1.54, 1.807) is 13.4 Å². The van der Waals surface area contributed by atoms with Crippen LogP contribution in [0.5, 0.6) is 0 Å². The van der Waals surface area contributed by atoms with Crippen molar-refractivity contribution in [3.8, 4) is 0 Å². The van der Waals surface area contributed by atoms with Crippen LogP contribution in [0, 0.1) is 0 Å². The zero-order valence-electron chi connectivity index (χ0n) is 12.6. The SMILES string of the molecule is CCN1CCCC1CNC(=NC)NCc1nncn1C. The van der Waals surface area contributed by atoms with Crippen LogP contribution in [0.2, 0.25) is 0 Å². The van der Waals surface area contributed by atoms with Gasteiger partial charge in [0.05, 0.1) is 6.54 Å². The van der Waals surface area contributed by atoms with Gasteiger partial charge in [0.15, 0.2) is 11.8 Å². The van der Waals surface area contributed by atoms with E-state index >= 15 is 0 Å². The zero-order valence-corrected chi connectivity index (χ0v) is 12.6. The summed E-state index contributed by atoms with van der Waals surface area (Å²) in [5.41, 5.74) is 0. The highest BCUT2D eigenvalue weighted by molar-refractivity contribution is 5.79. The van der Waals surface area contributed by atoms with Crippen LogP contribution < -0.4 is 10.6 Å². The maximum atomic E-state index is 4.25. The number of nitrogens with zero attached hydrogens (tertiary/aromatic N) is 5. The van der Waals surface area contributed by atoms with Crippen molar-refractivity contribution in [3.63, 3.8) is 0 Å². The first-order valence-electron chi connectivity index (χ1n) is 7.26. The number of likely N-dealkylation sites (tertiary alicyclic amines) is 1. The minimum atomic E-state index is 0.619. The standard InChI is InChI=1S/C13H25N7/c1-4-20-7-5-6-11(20)8-15-13(14-2)16-9-12-18-17-10-19(12)3/h10-11H,4-9H2,1-3H3,(H2,14,15,16). The van der Waals surface area contributed by atoms with Crippen LogP contribution in [0.25, 0.3) is 0 Å². The van der Waals surface area contributed by atoms with Gasteiger partial charge in [0.1, 0.15) is 6.33 Å². The minimum Gasteiger partial charge on any atom is -0.355 e. The summed E-state index contributed by atoms with van der Waals surface area (Å²) in [7, 11) is 3.73. The summed E-state index contributed by atoms with van der Waals surface area (Å²) in [5, 5.41) is 14.6. The average Bonchev–Trinajstić information content (AvgIpc) is 3.08. The summed E-state index contributed by atoms with van der Waals surface area (Å²) in [6.07, 6.45) is 4.26. The van der Waals surface area contributed by atoms with Gasteiger partial charge < -0.3 is 15.2 Å². The molecule has 1 aromatic heterocycles. The number of aryl methyl sites for hydroxylation is 1. The highest BCUT2D eigenvalue weighted by Crippen LogP contribution is 2.15. The predicted molar refractivity (Wildman–Crippen MR) is 79.5 cm³/mol. The summed E-state index contributed by atoms with van der Waals surface area (Å²) in [5.74, 6) is 1.71. The third-order valence-corrected chi connectivity index (χ3v) is 3.85. The average molecular weight is 279 g/mol. The number of rotatable bonds is 5. The lowest BCUT2D eigenvalue weighted by molar-refractivity contribution is 0.267. The number of guanidine groups is 1. The molecule has 1 aliphatic rings. The fourth-order valence-corrected chi connectivity index (χ4v) is 2.61. The molecule has 1 saturated heterocycles. The third kappa shape index (κ3) is 3.69. The molecule has 0 saturated carbocycles. The highest BCUT2D eigenvalue weighted by atomic mass is 15.3. The van der Waals surface area contributed by atoms with Crippen LogP contribution in [0.1, 0.15) is 25.6 Å². The van der Waals surface area contributed by atoms with E-state index in [4.69, 9.17) is 0 Å². The van der Waals surface area contributed by atoms with Gasteiger partial charge in [0.2, 0.25) is 0 Å². The van der Waals surface area contributed by atoms with E-state index in [0.29, 0.717) is 12.6 Å². The summed E-state index contributed by atoms with van der Waals surface area (Å²) < 4.78 is 1.90. The fraction of sp³-hybridized carbons (Fsp3) is 0.769. The van der Waals surface area contributed by atoms with Crippen LogP contribution in [0.4, 0.5) is 0 Å². The monoisotopic (exact) mass is 279 g/mol. The van der Waals surface area contributed by atoms with E-state index in [1.165, 1.54) is 19.4 Å². The van der Waals surface area contributed by atoms with Gasteiger partial charge in [-0.25, -0.2) is 0 Å². The second-order valence-corrected chi connectivity index (χ2v) is 5.09. The van der Waals surface area contributed by atoms with Crippen molar-refractivity contribution >= 4 is 5.96 Å². The molecule has 0 aliphatic carbocycles. The molecule has 7 heteroatoms. The minimum absolute atomic E-state index is 0.619. The lowest BCUT2D eigenvalue weighted by atomic mass is 10.2. The molecule has 2 heterocycles. The Balaban J connectivity index is 1.77. The van der Waals surface area contributed by atoms with E-state index in [-0.39, 0.29) is 0 Å². The van der Waals surface area contributed by atoms with Crippen molar-refractivity contribution in [3.05, 3.63) is 12.2 Å². The number of aromatic nitrogens is 3. The lowest BCUT2D eigenvalue weighted by Crippen LogP contribution is -2.44. The number of nitrogens with one attached hydrogen (secondary N) is 2. The fourth-order valence-electron chi connectivity index (χ4n) is 2.61. The molecule has 112 valence electrons. The Hall–Kier alpha value is -1.63. The molecular weight excluding hydrogens is 254 g/mol. The smallest absolute Gasteiger partial charge is 0.191 e. The van der Waals surface area contributed by atoms with Crippen LogP contribution >= 0.6 is 0 Å². The Kier molecular flexibility index (Phi) is 5.34. The molecule has 1 aromatic rings. The van der Waals surface area contributed by atoms with Gasteiger partial charge in [0.25, 0.3) is 0 Å². The Morgan fingerprint density at radius 1 is 1.50 bits per heavy atom. The largest absolute Gasteiger partial charge is 0.355 e. The number of aliphatic imine (C=N–C) groups is 1. The van der Waals surface area contributed by atoms with E-state index in [1.807, 2.05) is 11.6 Å². The topological polar surface area (TPSA) is 70.4 Å². The molecule has 1 unspecified atom stereocenters. The molecule has 2 N–H and O–H groups in total. The third-order valence-electron chi connectivity index (χ3n) is 3.85. The second kappa shape index (κ2) is 7.23. The molecule has 1 fully saturated rings. The first-order valence-corrected chi connectivity index (χ1v) is 7.26. The summed E-state index contributed by atoms with van der Waals surface area (Å²) >= 11 is 0. The van der Waals surface area contributed by atoms with E-state index in [2.05, 4.69) is 37.6 Å². The predicted octanol–water partition coefficient (Wildman–Crippen LogP) is -0.0356. The van der Waals surface area contributed by atoms with E-state index < -0.39 is 0 Å². The highest BCUT2D eigenvalue weighted by Gasteiger charge is 2.22. The Morgan fingerprint density at radius 3 is 3.00 bits per heavy atom. The first kappa shape index (κ1) is 14.8. The van der Waals surface area contributed by atoms with E-state index in [0.717, 1.165) is 24.9 Å². The summed E-state index contributed by atoms with van der Waals surface area (Å²) in [6.45, 7) is 6.12. The van der Waals surface area contributed by atoms with Crippen molar-refractivity contribution in [1.82, 2.24) is 30.3 Å². The molecule has 0 radical (unpaired) electrons. The molecule has 2 rings (SSSR count). The molecular formula is C13H25N7. The number of hydrogen-bond acceptors (Lipinski definition) is 4. The second-order valence-electron chi connectivity index (χ2n) is 5.09. The quantitative estimate of drug-likeness (QED) is 0.585. The van der Waals surface area contributed by atoms with Crippen LogP contribution in [0.3, 0.4) is 0 Å². The van der Waals surface area contributed by atoms with Crippen LogP contribution in [0.15, 0.2) is 11.3 Å². The normalized spacial score (nSPS) is 20.4. The molecule has 7 nitrogen and oxygen atoms in total. The van der Waals surface area contributed by atoms with E-state index in [9.17, 15) is 0 Å². The van der Waals surface area contributed by atoms with Crippen molar-refractivity contribution in [2.75, 3.05) is 26.7 Å². The van der Waals surface area contributed by atoms with Gasteiger partial charge in [-0.1, -0.05) is 6.92 Å². The number of likely N-dealkylation sites (N-methyl/N-ethyl adjacent to an activating group) is 1. The van der Waals surface area contributed by atoms with Crippen LogP contribution in [-0.4, -0.2) is 58.3 Å². The molecule has 0 spiro atoms. The van der Waals surface area contributed by atoms with Gasteiger partial charge in [-0.05, 0) is 25.9 Å². The molecule has 20 heavy (non-hydrogen) atoms. The molecule has 0 amide bonds. The molecule has 1 aliphatic heterocycles. The summed E-state index contributed by atoms with van der Waals surface area (Å²) in [4.78, 5) is 6.76. The maximum absolute atomic E-state index is 4.25. The number of hydrogen-bond donors (Lipinski definition) is 2. The Labute approximate surface area is 120 Å². The first-order chi connectivity index (χ1) is 9.74. The van der Waals surface area contributed by atoms with Crippen molar-refractivity contribution < 1.29 is 0 Å². The van der Waals surface area contributed by atoms with Crippen molar-refractivity contribution in [2.45, 2.75) is 32.4 Å². The maximum Gasteiger partial charge on any atom is 0.191 e. The van der Waals surface area contributed by atoms with Gasteiger partial charge in [-0.2, -0.15) is 0 Å². The van der Waals surface area contributed by atoms with Crippen LogP contribution in [-0.2, 0) is 13.6 Å². The van der Waals surface area contributed by atoms with Gasteiger partial charge in [-0.3, -0.25) is 9.89 Å². The van der Waals surface area contributed by atoms with Gasteiger partial charge in [0, 0.05) is 26.7 Å². The summed E-state index contributed by atoms with van der Waals surface area (Å²) in [6, 6.07) is 0.619. The molecule has 0 aromatic carbocycles. The van der Waals surface area contributed by atoms with Crippen molar-refractivity contribution in [2.24, 2.45) is 12.0 Å². The molecule has 1 atom stereocenters.